The van der Waals surface area contributed by atoms with Gasteiger partial charge in [-0.25, -0.2) is 9.97 Å². The van der Waals surface area contributed by atoms with Crippen LogP contribution in [-0.2, 0) is 0 Å². The minimum absolute atomic E-state index is 0.633. The molecule has 106 valence electrons. The average molecular weight is 298 g/mol. The first kappa shape index (κ1) is 13.5. The van der Waals surface area contributed by atoms with Crippen molar-refractivity contribution < 1.29 is 4.74 Å². The van der Waals surface area contributed by atoms with Crippen LogP contribution in [0.3, 0.4) is 0 Å². The Morgan fingerprint density at radius 1 is 1.14 bits per heavy atom. The minimum Gasteiger partial charge on any atom is -0.492 e. The number of hydrogen-bond donors (Lipinski definition) is 1. The molecule has 1 N–H and O–H groups in total. The van der Waals surface area contributed by atoms with E-state index in [2.05, 4.69) is 20.3 Å². The van der Waals surface area contributed by atoms with E-state index in [1.54, 1.807) is 12.4 Å². The van der Waals surface area contributed by atoms with E-state index in [1.165, 1.54) is 11.3 Å². The summed E-state index contributed by atoms with van der Waals surface area (Å²) in [4.78, 5) is 13.1. The molecule has 0 atom stereocenters. The van der Waals surface area contributed by atoms with Gasteiger partial charge in [-0.1, -0.05) is 6.07 Å². The van der Waals surface area contributed by atoms with Crippen molar-refractivity contribution in [3.8, 4) is 17.1 Å². The van der Waals surface area contributed by atoms with Crippen LogP contribution in [0.25, 0.3) is 11.4 Å². The van der Waals surface area contributed by atoms with Crippen LogP contribution < -0.4 is 10.1 Å². The highest BCUT2D eigenvalue weighted by Crippen LogP contribution is 2.25. The third-order valence-corrected chi connectivity index (χ3v) is 3.47. The fraction of sp³-hybridized carbons (Fsp3) is 0.133. The second-order valence-corrected chi connectivity index (χ2v) is 5.05. The van der Waals surface area contributed by atoms with Gasteiger partial charge in [0.2, 0.25) is 0 Å². The Labute approximate surface area is 126 Å². The quantitative estimate of drug-likeness (QED) is 0.777. The number of pyridine rings is 2. The lowest BCUT2D eigenvalue weighted by Crippen LogP contribution is -1.95. The molecule has 0 aliphatic rings. The Kier molecular flexibility index (Phi) is 4.07. The van der Waals surface area contributed by atoms with Gasteiger partial charge in [-0.05, 0) is 31.2 Å². The number of ether oxygens (including phenoxy) is 1. The van der Waals surface area contributed by atoms with Crippen LogP contribution in [0.5, 0.6) is 5.75 Å². The highest BCUT2D eigenvalue weighted by Gasteiger charge is 2.06. The Balaban J connectivity index is 1.72. The number of anilines is 2. The lowest BCUT2D eigenvalue weighted by atomic mass is 10.3. The Hall–Kier alpha value is -2.47. The molecule has 0 unspecified atom stereocenters. The fourth-order valence-electron chi connectivity index (χ4n) is 1.78. The molecule has 3 heterocycles. The standard InChI is InChI=1S/C15H14N4OS/c1-2-20-11-6-7-14(17-9-11)19-15-18-13(10-21-15)12-5-3-4-8-16-12/h3-10H,2H2,1H3,(H,17,18,19). The Bertz CT molecular complexity index is 697. The van der Waals surface area contributed by atoms with Crippen molar-refractivity contribution >= 4 is 22.3 Å². The van der Waals surface area contributed by atoms with Crippen molar-refractivity contribution in [1.29, 1.82) is 0 Å². The molecule has 3 aromatic heterocycles. The molecule has 0 radical (unpaired) electrons. The maximum atomic E-state index is 5.36. The summed E-state index contributed by atoms with van der Waals surface area (Å²) in [5, 5.41) is 5.93. The van der Waals surface area contributed by atoms with E-state index in [9.17, 15) is 0 Å². The van der Waals surface area contributed by atoms with Crippen LogP contribution in [0.15, 0.2) is 48.1 Å². The molecule has 0 aliphatic carbocycles. The van der Waals surface area contributed by atoms with Crippen LogP contribution in [0.1, 0.15) is 6.92 Å². The first-order valence-corrected chi connectivity index (χ1v) is 7.46. The average Bonchev–Trinajstić information content (AvgIpc) is 2.99. The summed E-state index contributed by atoms with van der Waals surface area (Å²) in [6.07, 6.45) is 3.45. The van der Waals surface area contributed by atoms with Crippen molar-refractivity contribution in [3.05, 3.63) is 48.1 Å². The predicted octanol–water partition coefficient (Wildman–Crippen LogP) is 3.74. The van der Waals surface area contributed by atoms with Crippen molar-refractivity contribution in [1.82, 2.24) is 15.0 Å². The number of nitrogens with zero attached hydrogens (tertiary/aromatic N) is 3. The van der Waals surface area contributed by atoms with E-state index in [0.29, 0.717) is 6.61 Å². The molecular formula is C15H14N4OS. The smallest absolute Gasteiger partial charge is 0.188 e. The maximum absolute atomic E-state index is 5.36. The van der Waals surface area contributed by atoms with Crippen LogP contribution in [0, 0.1) is 0 Å². The highest BCUT2D eigenvalue weighted by molar-refractivity contribution is 7.14. The van der Waals surface area contributed by atoms with Gasteiger partial charge in [0.15, 0.2) is 5.13 Å². The normalized spacial score (nSPS) is 10.3. The van der Waals surface area contributed by atoms with Gasteiger partial charge in [0.05, 0.1) is 18.5 Å². The molecule has 0 spiro atoms. The summed E-state index contributed by atoms with van der Waals surface area (Å²) in [5.74, 6) is 1.50. The summed E-state index contributed by atoms with van der Waals surface area (Å²) >= 11 is 1.52. The maximum Gasteiger partial charge on any atom is 0.188 e. The number of aromatic nitrogens is 3. The van der Waals surface area contributed by atoms with Gasteiger partial charge in [0.25, 0.3) is 0 Å². The summed E-state index contributed by atoms with van der Waals surface area (Å²) in [6, 6.07) is 9.52. The third-order valence-electron chi connectivity index (χ3n) is 2.71. The van der Waals surface area contributed by atoms with Gasteiger partial charge in [0, 0.05) is 11.6 Å². The zero-order chi connectivity index (χ0) is 14.5. The van der Waals surface area contributed by atoms with Gasteiger partial charge < -0.3 is 10.1 Å². The molecule has 0 saturated heterocycles. The topological polar surface area (TPSA) is 59.9 Å². The Morgan fingerprint density at radius 2 is 2.10 bits per heavy atom. The minimum atomic E-state index is 0.633. The number of hydrogen-bond acceptors (Lipinski definition) is 6. The van der Waals surface area contributed by atoms with E-state index < -0.39 is 0 Å². The van der Waals surface area contributed by atoms with Crippen molar-refractivity contribution in [2.45, 2.75) is 6.92 Å². The lowest BCUT2D eigenvalue weighted by Gasteiger charge is -2.04. The second kappa shape index (κ2) is 6.32. The van der Waals surface area contributed by atoms with Gasteiger partial charge in [-0.3, -0.25) is 4.98 Å². The first-order valence-electron chi connectivity index (χ1n) is 6.58. The zero-order valence-electron chi connectivity index (χ0n) is 11.5. The molecule has 0 amide bonds. The molecule has 21 heavy (non-hydrogen) atoms. The largest absolute Gasteiger partial charge is 0.492 e. The summed E-state index contributed by atoms with van der Waals surface area (Å²) in [6.45, 7) is 2.58. The predicted molar refractivity (Wildman–Crippen MR) is 84.0 cm³/mol. The fourth-order valence-corrected chi connectivity index (χ4v) is 2.49. The van der Waals surface area contributed by atoms with Crippen LogP contribution in [0.4, 0.5) is 10.9 Å². The van der Waals surface area contributed by atoms with Crippen LogP contribution >= 0.6 is 11.3 Å². The SMILES string of the molecule is CCOc1ccc(Nc2nc(-c3ccccn3)cs2)nc1. The number of nitrogens with one attached hydrogen (secondary N) is 1. The molecular weight excluding hydrogens is 284 g/mol. The monoisotopic (exact) mass is 298 g/mol. The molecule has 0 fully saturated rings. The van der Waals surface area contributed by atoms with Crippen molar-refractivity contribution in [2.24, 2.45) is 0 Å². The molecule has 0 aromatic carbocycles. The van der Waals surface area contributed by atoms with Gasteiger partial charge in [-0.15, -0.1) is 11.3 Å². The second-order valence-electron chi connectivity index (χ2n) is 4.19. The molecule has 0 aliphatic heterocycles. The number of thiazole rings is 1. The molecule has 0 saturated carbocycles. The highest BCUT2D eigenvalue weighted by atomic mass is 32.1. The van der Waals surface area contributed by atoms with E-state index in [0.717, 1.165) is 28.1 Å². The van der Waals surface area contributed by atoms with E-state index in [1.807, 2.05) is 42.6 Å². The van der Waals surface area contributed by atoms with Crippen LogP contribution in [-0.4, -0.2) is 21.6 Å². The lowest BCUT2D eigenvalue weighted by molar-refractivity contribution is 0.339. The molecule has 5 nitrogen and oxygen atoms in total. The molecule has 0 bridgehead atoms. The summed E-state index contributed by atoms with van der Waals surface area (Å²) in [5.41, 5.74) is 1.72. The van der Waals surface area contributed by atoms with Gasteiger partial charge >= 0.3 is 0 Å². The van der Waals surface area contributed by atoms with E-state index >= 15 is 0 Å². The van der Waals surface area contributed by atoms with Crippen LogP contribution in [0.2, 0.25) is 0 Å². The number of rotatable bonds is 5. The summed E-state index contributed by atoms with van der Waals surface area (Å²) < 4.78 is 5.36. The van der Waals surface area contributed by atoms with Crippen molar-refractivity contribution in [2.75, 3.05) is 11.9 Å². The van der Waals surface area contributed by atoms with Gasteiger partial charge in [0.1, 0.15) is 17.3 Å². The summed E-state index contributed by atoms with van der Waals surface area (Å²) in [7, 11) is 0. The molecule has 3 aromatic rings. The molecule has 6 heteroatoms. The first-order chi connectivity index (χ1) is 10.3. The van der Waals surface area contributed by atoms with E-state index in [4.69, 9.17) is 4.74 Å². The molecule has 3 rings (SSSR count). The Morgan fingerprint density at radius 3 is 2.81 bits per heavy atom. The van der Waals surface area contributed by atoms with E-state index in [-0.39, 0.29) is 0 Å². The zero-order valence-corrected chi connectivity index (χ0v) is 12.3. The van der Waals surface area contributed by atoms with Crippen molar-refractivity contribution in [3.63, 3.8) is 0 Å². The third kappa shape index (κ3) is 3.35. The van der Waals surface area contributed by atoms with Gasteiger partial charge in [-0.2, -0.15) is 0 Å².